The summed E-state index contributed by atoms with van der Waals surface area (Å²) in [5, 5.41) is 8.59. The topological polar surface area (TPSA) is 66.4 Å². The molecule has 0 amide bonds. The van der Waals surface area contributed by atoms with E-state index in [2.05, 4.69) is 6.92 Å². The van der Waals surface area contributed by atoms with Crippen LogP contribution in [0.3, 0.4) is 0 Å². The fraction of sp³-hybridized carbons (Fsp3) is 1.00. The Labute approximate surface area is 223 Å². The van der Waals surface area contributed by atoms with Crippen molar-refractivity contribution in [3.63, 3.8) is 0 Å². The maximum atomic E-state index is 8.59. The molecule has 6 nitrogen and oxygen atoms in total. The van der Waals surface area contributed by atoms with Crippen LogP contribution in [-0.4, -0.2) is 61.9 Å². The molecule has 0 aromatic rings. The molecule has 0 unspecified atom stereocenters. The second-order valence-corrected chi connectivity index (χ2v) is 11.5. The normalized spacial score (nSPS) is 22.5. The molecule has 0 aromatic carbocycles. The van der Waals surface area contributed by atoms with E-state index >= 15 is 0 Å². The molecule has 216 valence electrons. The van der Waals surface area contributed by atoms with Gasteiger partial charge >= 0.3 is 0 Å². The highest BCUT2D eigenvalue weighted by Gasteiger charge is 2.33. The van der Waals surface area contributed by atoms with E-state index in [1.165, 1.54) is 103 Å². The van der Waals surface area contributed by atoms with Gasteiger partial charge in [-0.15, -0.1) is 0 Å². The van der Waals surface area contributed by atoms with Crippen molar-refractivity contribution in [3.8, 4) is 0 Å². The van der Waals surface area contributed by atoms with Gasteiger partial charge in [0.05, 0.1) is 26.4 Å². The van der Waals surface area contributed by atoms with Crippen molar-refractivity contribution in [2.45, 2.75) is 161 Å². The van der Waals surface area contributed by atoms with E-state index < -0.39 is 11.6 Å². The van der Waals surface area contributed by atoms with Crippen LogP contribution >= 0.6 is 0 Å². The monoisotopic (exact) mass is 516 g/mol. The predicted octanol–water partition coefficient (Wildman–Crippen LogP) is 7.55. The zero-order valence-corrected chi connectivity index (χ0v) is 24.5. The van der Waals surface area contributed by atoms with Gasteiger partial charge in [0.1, 0.15) is 12.2 Å². The minimum atomic E-state index is -0.493. The fourth-order valence-electron chi connectivity index (χ4n) is 4.67. The van der Waals surface area contributed by atoms with Crippen molar-refractivity contribution in [1.82, 2.24) is 0 Å². The Bertz CT molecular complexity index is 496. The third kappa shape index (κ3) is 18.9. The number of unbranched alkanes of at least 4 members (excludes halogenated alkanes) is 15. The second-order valence-electron chi connectivity index (χ2n) is 11.5. The molecule has 2 rings (SSSR count). The van der Waals surface area contributed by atoms with Crippen molar-refractivity contribution in [3.05, 3.63) is 0 Å². The minimum absolute atomic E-state index is 0.0451. The quantitative estimate of drug-likeness (QED) is 0.169. The number of aliphatic hydroxyl groups excluding tert-OH is 1. The average Bonchev–Trinajstić information content (AvgIpc) is 3.38. The summed E-state index contributed by atoms with van der Waals surface area (Å²) in [5.41, 5.74) is 0. The van der Waals surface area contributed by atoms with Crippen LogP contribution < -0.4 is 0 Å². The molecule has 6 heteroatoms. The first-order chi connectivity index (χ1) is 17.3. The zero-order valence-electron chi connectivity index (χ0n) is 24.5. The Balaban J connectivity index is 0.000000600. The molecule has 0 aromatic heterocycles. The molecule has 0 aliphatic carbocycles. The lowest BCUT2D eigenvalue weighted by Gasteiger charge is -2.17. The second kappa shape index (κ2) is 20.7. The molecule has 0 bridgehead atoms. The van der Waals surface area contributed by atoms with Crippen molar-refractivity contribution >= 4 is 0 Å². The van der Waals surface area contributed by atoms with Crippen LogP contribution in [0.4, 0.5) is 0 Å². The van der Waals surface area contributed by atoms with E-state index in [4.69, 9.17) is 28.8 Å². The summed E-state index contributed by atoms with van der Waals surface area (Å²) in [6.45, 7) is 12.6. The van der Waals surface area contributed by atoms with Gasteiger partial charge in [-0.1, -0.05) is 103 Å². The van der Waals surface area contributed by atoms with Crippen LogP contribution in [-0.2, 0) is 23.7 Å². The van der Waals surface area contributed by atoms with Crippen molar-refractivity contribution < 1.29 is 28.8 Å². The Hall–Kier alpha value is -0.240. The van der Waals surface area contributed by atoms with Gasteiger partial charge in [0.15, 0.2) is 11.6 Å². The fourth-order valence-corrected chi connectivity index (χ4v) is 4.67. The molecule has 2 saturated heterocycles. The SMILES string of the molecule is CC1(C)OC[C@@H](CO)O1.CCCCCCCCCCCCCCCCCCOC[C@@H]1COC(C)(C)O1. The van der Waals surface area contributed by atoms with Gasteiger partial charge in [-0.05, 0) is 34.1 Å². The molecule has 2 atom stereocenters. The third-order valence-electron chi connectivity index (χ3n) is 6.78. The highest BCUT2D eigenvalue weighted by Crippen LogP contribution is 2.23. The predicted molar refractivity (Wildman–Crippen MR) is 147 cm³/mol. The summed E-state index contributed by atoms with van der Waals surface area (Å²) in [4.78, 5) is 0. The summed E-state index contributed by atoms with van der Waals surface area (Å²) in [6, 6.07) is 0. The van der Waals surface area contributed by atoms with Gasteiger partial charge in [0, 0.05) is 6.61 Å². The van der Waals surface area contributed by atoms with Crippen molar-refractivity contribution in [2.24, 2.45) is 0 Å². The Morgan fingerprint density at radius 1 is 0.611 bits per heavy atom. The molecule has 0 saturated carbocycles. The number of ether oxygens (including phenoxy) is 5. The maximum absolute atomic E-state index is 8.59. The molecule has 2 aliphatic heterocycles. The number of hydrogen-bond acceptors (Lipinski definition) is 6. The molecular formula is C30H60O6. The van der Waals surface area contributed by atoms with Gasteiger partial charge in [0.25, 0.3) is 0 Å². The van der Waals surface area contributed by atoms with E-state index in [0.29, 0.717) is 19.8 Å². The smallest absolute Gasteiger partial charge is 0.163 e. The highest BCUT2D eigenvalue weighted by atomic mass is 16.8. The van der Waals surface area contributed by atoms with Gasteiger partial charge in [-0.25, -0.2) is 0 Å². The highest BCUT2D eigenvalue weighted by molar-refractivity contribution is 4.70. The van der Waals surface area contributed by atoms with Crippen LogP contribution in [0.2, 0.25) is 0 Å². The van der Waals surface area contributed by atoms with Crippen LogP contribution in [0.25, 0.3) is 0 Å². The summed E-state index contributed by atoms with van der Waals surface area (Å²) in [6.07, 6.45) is 22.5. The number of hydrogen-bond donors (Lipinski definition) is 1. The molecule has 0 spiro atoms. The van der Waals surface area contributed by atoms with E-state index in [1.54, 1.807) is 0 Å². The summed E-state index contributed by atoms with van der Waals surface area (Å²) >= 11 is 0. The molecule has 36 heavy (non-hydrogen) atoms. The van der Waals surface area contributed by atoms with Crippen LogP contribution in [0.15, 0.2) is 0 Å². The minimum Gasteiger partial charge on any atom is -0.394 e. The van der Waals surface area contributed by atoms with Gasteiger partial charge in [0.2, 0.25) is 0 Å². The van der Waals surface area contributed by atoms with Crippen molar-refractivity contribution in [2.75, 3.05) is 33.0 Å². The van der Waals surface area contributed by atoms with Crippen LogP contribution in [0, 0.1) is 0 Å². The van der Waals surface area contributed by atoms with E-state index in [1.807, 2.05) is 27.7 Å². The first-order valence-electron chi connectivity index (χ1n) is 15.1. The van der Waals surface area contributed by atoms with Gasteiger partial charge in [-0.3, -0.25) is 0 Å². The molecule has 2 fully saturated rings. The number of aliphatic hydroxyl groups is 1. The molecule has 2 heterocycles. The van der Waals surface area contributed by atoms with Crippen LogP contribution in [0.5, 0.6) is 0 Å². The lowest BCUT2D eigenvalue weighted by Crippen LogP contribution is -2.24. The third-order valence-corrected chi connectivity index (χ3v) is 6.78. The van der Waals surface area contributed by atoms with Gasteiger partial charge < -0.3 is 28.8 Å². The van der Waals surface area contributed by atoms with E-state index in [-0.39, 0.29) is 18.8 Å². The molecule has 1 N–H and O–H groups in total. The van der Waals surface area contributed by atoms with Crippen LogP contribution in [0.1, 0.15) is 137 Å². The lowest BCUT2D eigenvalue weighted by atomic mass is 10.0. The maximum Gasteiger partial charge on any atom is 0.163 e. The standard InChI is InChI=1S/C24H48O3.C6H12O3/c1-4-5-6-7-8-9-10-11-12-13-14-15-16-17-18-19-20-25-21-23-22-26-24(2,3)27-23;1-6(2)8-4-5(3-7)9-6/h23H,4-22H2,1-3H3;5,7H,3-4H2,1-2H3/t23-;5-/m11/s1. The van der Waals surface area contributed by atoms with E-state index in [9.17, 15) is 0 Å². The lowest BCUT2D eigenvalue weighted by molar-refractivity contribution is -0.145. The number of rotatable bonds is 20. The largest absolute Gasteiger partial charge is 0.394 e. The Morgan fingerprint density at radius 3 is 1.33 bits per heavy atom. The first kappa shape index (κ1) is 33.8. The molecule has 0 radical (unpaired) electrons. The summed E-state index contributed by atoms with van der Waals surface area (Å²) < 4.78 is 27.4. The summed E-state index contributed by atoms with van der Waals surface area (Å²) in [5.74, 6) is -0.921. The molecule has 2 aliphatic rings. The zero-order chi connectivity index (χ0) is 26.5. The van der Waals surface area contributed by atoms with Crippen molar-refractivity contribution in [1.29, 1.82) is 0 Å². The Kier molecular flexibility index (Phi) is 19.4. The Morgan fingerprint density at radius 2 is 1.00 bits per heavy atom. The average molecular weight is 517 g/mol. The summed E-state index contributed by atoms with van der Waals surface area (Å²) in [7, 11) is 0. The van der Waals surface area contributed by atoms with Gasteiger partial charge in [-0.2, -0.15) is 0 Å². The first-order valence-corrected chi connectivity index (χ1v) is 15.1. The van der Waals surface area contributed by atoms with E-state index in [0.717, 1.165) is 6.61 Å². The molecular weight excluding hydrogens is 456 g/mol.